The van der Waals surface area contributed by atoms with Crippen molar-refractivity contribution < 1.29 is 8.42 Å². The van der Waals surface area contributed by atoms with Gasteiger partial charge < -0.3 is 5.73 Å². The standard InChI is InChI=1S/C5H10N4O2S/c1-7-12(10,11)5-4(6)3-9(2)8-5/h3,7H,6H2,1-2H3. The van der Waals surface area contributed by atoms with Crippen LogP contribution in [0.3, 0.4) is 0 Å². The second-order valence-electron chi connectivity index (χ2n) is 2.27. The lowest BCUT2D eigenvalue weighted by Crippen LogP contribution is -2.20. The molecular weight excluding hydrogens is 180 g/mol. The Morgan fingerprint density at radius 3 is 2.58 bits per heavy atom. The number of nitrogens with two attached hydrogens (primary N) is 1. The van der Waals surface area contributed by atoms with Crippen molar-refractivity contribution in [2.45, 2.75) is 5.03 Å². The normalized spacial score (nSPS) is 11.8. The third-order valence-corrected chi connectivity index (χ3v) is 2.71. The van der Waals surface area contributed by atoms with Crippen LogP contribution in [-0.4, -0.2) is 25.2 Å². The average Bonchev–Trinajstić information content (AvgIpc) is 2.31. The van der Waals surface area contributed by atoms with Gasteiger partial charge in [0, 0.05) is 13.2 Å². The summed E-state index contributed by atoms with van der Waals surface area (Å²) in [6.45, 7) is 0. The first-order chi connectivity index (χ1) is 5.47. The van der Waals surface area contributed by atoms with E-state index in [1.54, 1.807) is 7.05 Å². The number of nitrogens with one attached hydrogen (secondary N) is 1. The van der Waals surface area contributed by atoms with Crippen molar-refractivity contribution in [3.05, 3.63) is 6.20 Å². The minimum absolute atomic E-state index is 0.132. The van der Waals surface area contributed by atoms with Gasteiger partial charge in [0.25, 0.3) is 10.0 Å². The molecule has 6 nitrogen and oxygen atoms in total. The summed E-state index contributed by atoms with van der Waals surface area (Å²) in [7, 11) is -0.604. The quantitative estimate of drug-likeness (QED) is 0.620. The van der Waals surface area contributed by atoms with Gasteiger partial charge in [-0.3, -0.25) is 4.68 Å². The molecular formula is C5H10N4O2S. The molecule has 7 heteroatoms. The number of aromatic nitrogens is 2. The Morgan fingerprint density at radius 2 is 2.25 bits per heavy atom. The van der Waals surface area contributed by atoms with Crippen LogP contribution in [0, 0.1) is 0 Å². The van der Waals surface area contributed by atoms with E-state index in [1.807, 2.05) is 0 Å². The lowest BCUT2D eigenvalue weighted by molar-refractivity contribution is 0.580. The van der Waals surface area contributed by atoms with E-state index < -0.39 is 10.0 Å². The molecule has 0 fully saturated rings. The molecule has 0 saturated heterocycles. The first-order valence-corrected chi connectivity index (χ1v) is 4.68. The summed E-state index contributed by atoms with van der Waals surface area (Å²) in [5, 5.41) is 3.56. The Kier molecular flexibility index (Phi) is 2.07. The first-order valence-electron chi connectivity index (χ1n) is 3.20. The summed E-state index contributed by atoms with van der Waals surface area (Å²) in [6, 6.07) is 0. The predicted octanol–water partition coefficient (Wildman–Crippen LogP) is -1.09. The van der Waals surface area contributed by atoms with Gasteiger partial charge in [-0.15, -0.1) is 0 Å². The number of nitrogens with zero attached hydrogens (tertiary/aromatic N) is 2. The fraction of sp³-hybridized carbons (Fsp3) is 0.400. The molecule has 0 saturated carbocycles. The van der Waals surface area contributed by atoms with Crippen LogP contribution < -0.4 is 10.5 Å². The van der Waals surface area contributed by atoms with Gasteiger partial charge in [0.1, 0.15) is 0 Å². The fourth-order valence-electron chi connectivity index (χ4n) is 0.792. The molecule has 0 aliphatic rings. The molecule has 0 unspecified atom stereocenters. The molecule has 1 aromatic rings. The second-order valence-corrected chi connectivity index (χ2v) is 4.07. The van der Waals surface area contributed by atoms with E-state index in [0.717, 1.165) is 0 Å². The predicted molar refractivity (Wildman–Crippen MR) is 43.9 cm³/mol. The van der Waals surface area contributed by atoms with Gasteiger partial charge in [-0.05, 0) is 7.05 Å². The highest BCUT2D eigenvalue weighted by Crippen LogP contribution is 2.13. The summed E-state index contributed by atoms with van der Waals surface area (Å²) in [6.07, 6.45) is 1.43. The van der Waals surface area contributed by atoms with Crippen LogP contribution in [-0.2, 0) is 17.1 Å². The zero-order valence-corrected chi connectivity index (χ0v) is 7.59. The van der Waals surface area contributed by atoms with Crippen LogP contribution in [0.5, 0.6) is 0 Å². The molecule has 0 spiro atoms. The van der Waals surface area contributed by atoms with Gasteiger partial charge in [-0.1, -0.05) is 0 Å². The first kappa shape index (κ1) is 9.01. The summed E-state index contributed by atoms with van der Waals surface area (Å²) >= 11 is 0. The van der Waals surface area contributed by atoms with Crippen LogP contribution in [0.4, 0.5) is 5.69 Å². The maximum Gasteiger partial charge on any atom is 0.261 e. The molecule has 12 heavy (non-hydrogen) atoms. The number of aryl methyl sites for hydroxylation is 1. The van der Waals surface area contributed by atoms with E-state index in [1.165, 1.54) is 17.9 Å². The van der Waals surface area contributed by atoms with Gasteiger partial charge in [0.2, 0.25) is 5.03 Å². The minimum atomic E-state index is -3.51. The summed E-state index contributed by atoms with van der Waals surface area (Å²) < 4.78 is 25.8. The zero-order chi connectivity index (χ0) is 9.35. The van der Waals surface area contributed by atoms with Gasteiger partial charge in [-0.25, -0.2) is 13.1 Å². The number of nitrogen functional groups attached to an aromatic ring is 1. The number of anilines is 1. The molecule has 0 aliphatic carbocycles. The van der Waals surface area contributed by atoms with Crippen LogP contribution in [0.2, 0.25) is 0 Å². The highest BCUT2D eigenvalue weighted by atomic mass is 32.2. The SMILES string of the molecule is CNS(=O)(=O)c1nn(C)cc1N. The molecule has 0 radical (unpaired) electrons. The van der Waals surface area contributed by atoms with Crippen molar-refractivity contribution in [2.75, 3.05) is 12.8 Å². The lowest BCUT2D eigenvalue weighted by atomic mass is 10.6. The molecule has 1 heterocycles. The second kappa shape index (κ2) is 2.76. The van der Waals surface area contributed by atoms with E-state index >= 15 is 0 Å². The van der Waals surface area contributed by atoms with E-state index in [4.69, 9.17) is 5.73 Å². The van der Waals surface area contributed by atoms with Gasteiger partial charge in [0.05, 0.1) is 5.69 Å². The van der Waals surface area contributed by atoms with Crippen LogP contribution in [0.15, 0.2) is 11.2 Å². The van der Waals surface area contributed by atoms with E-state index in [-0.39, 0.29) is 10.7 Å². The third kappa shape index (κ3) is 1.41. The molecule has 0 aliphatic heterocycles. The van der Waals surface area contributed by atoms with Crippen molar-refractivity contribution in [3.8, 4) is 0 Å². The highest BCUT2D eigenvalue weighted by Gasteiger charge is 2.18. The zero-order valence-electron chi connectivity index (χ0n) is 6.77. The summed E-state index contributed by atoms with van der Waals surface area (Å²) in [4.78, 5) is 0. The Labute approximate surface area is 70.4 Å². The van der Waals surface area contributed by atoms with Crippen LogP contribution in [0.1, 0.15) is 0 Å². The number of hydrogen-bond acceptors (Lipinski definition) is 4. The Balaban J connectivity index is 3.29. The number of rotatable bonds is 2. The van der Waals surface area contributed by atoms with Crippen molar-refractivity contribution in [3.63, 3.8) is 0 Å². The minimum Gasteiger partial charge on any atom is -0.395 e. The molecule has 3 N–H and O–H groups in total. The van der Waals surface area contributed by atoms with Crippen molar-refractivity contribution >= 4 is 15.7 Å². The van der Waals surface area contributed by atoms with E-state index in [2.05, 4.69) is 9.82 Å². The van der Waals surface area contributed by atoms with Gasteiger partial charge in [0.15, 0.2) is 0 Å². The third-order valence-electron chi connectivity index (χ3n) is 1.34. The Bertz CT molecular complexity index is 380. The monoisotopic (exact) mass is 190 g/mol. The average molecular weight is 190 g/mol. The number of hydrogen-bond donors (Lipinski definition) is 2. The van der Waals surface area contributed by atoms with Crippen molar-refractivity contribution in [1.29, 1.82) is 0 Å². The lowest BCUT2D eigenvalue weighted by Gasteiger charge is -1.97. The molecule has 0 aromatic carbocycles. The summed E-state index contributed by atoms with van der Waals surface area (Å²) in [5.74, 6) is 0. The van der Waals surface area contributed by atoms with Crippen LogP contribution >= 0.6 is 0 Å². The number of sulfonamides is 1. The highest BCUT2D eigenvalue weighted by molar-refractivity contribution is 7.89. The molecule has 68 valence electrons. The van der Waals surface area contributed by atoms with Gasteiger partial charge >= 0.3 is 0 Å². The summed E-state index contributed by atoms with van der Waals surface area (Å²) in [5.41, 5.74) is 5.55. The van der Waals surface area contributed by atoms with Crippen LogP contribution in [0.25, 0.3) is 0 Å². The Hall–Kier alpha value is -1.08. The largest absolute Gasteiger partial charge is 0.395 e. The maximum absolute atomic E-state index is 11.2. The van der Waals surface area contributed by atoms with E-state index in [9.17, 15) is 8.42 Å². The maximum atomic E-state index is 11.2. The van der Waals surface area contributed by atoms with Crippen molar-refractivity contribution in [1.82, 2.24) is 14.5 Å². The topological polar surface area (TPSA) is 90.0 Å². The molecule has 0 atom stereocenters. The fourth-order valence-corrected chi connectivity index (χ4v) is 1.58. The Morgan fingerprint density at radius 1 is 1.67 bits per heavy atom. The van der Waals surface area contributed by atoms with Gasteiger partial charge in [-0.2, -0.15) is 5.10 Å². The molecule has 0 amide bonds. The molecule has 1 aromatic heterocycles. The smallest absolute Gasteiger partial charge is 0.261 e. The molecule has 0 bridgehead atoms. The molecule has 1 rings (SSSR count). The van der Waals surface area contributed by atoms with E-state index in [0.29, 0.717) is 0 Å². The van der Waals surface area contributed by atoms with Crippen molar-refractivity contribution in [2.24, 2.45) is 7.05 Å².